The van der Waals surface area contributed by atoms with Crippen LogP contribution in [0.3, 0.4) is 0 Å². The Morgan fingerprint density at radius 3 is 2.41 bits per heavy atom. The van der Waals surface area contributed by atoms with Crippen molar-refractivity contribution in [1.29, 1.82) is 0 Å². The summed E-state index contributed by atoms with van der Waals surface area (Å²) in [6.07, 6.45) is 3.85. The average Bonchev–Trinajstić information content (AvgIpc) is 3.13. The molecule has 0 N–H and O–H groups in total. The van der Waals surface area contributed by atoms with Crippen LogP contribution in [0.15, 0.2) is 73.1 Å². The number of aromatic nitrogens is 2. The van der Waals surface area contributed by atoms with Gasteiger partial charge < -0.3 is 4.57 Å². The lowest BCUT2D eigenvalue weighted by Gasteiger charge is -2.27. The molecule has 0 bridgehead atoms. The molecule has 0 amide bonds. The van der Waals surface area contributed by atoms with E-state index in [1.807, 2.05) is 12.4 Å². The average molecular weight is 358 g/mol. The van der Waals surface area contributed by atoms with Crippen molar-refractivity contribution >= 4 is 10.8 Å². The van der Waals surface area contributed by atoms with Crippen molar-refractivity contribution in [2.45, 2.75) is 26.8 Å². The number of fused-ring (bicyclic) bond motifs is 1. The van der Waals surface area contributed by atoms with Crippen molar-refractivity contribution in [2.75, 3.05) is 0 Å². The van der Waals surface area contributed by atoms with Crippen LogP contribution >= 0.6 is 0 Å². The van der Waals surface area contributed by atoms with Gasteiger partial charge in [-0.05, 0) is 59.0 Å². The SMILES string of the molecule is Cc1c(C(C(C)C)n2ccnc2-c2ccc(F)cc2)ccc2ccccc12. The molecule has 0 spiro atoms. The molecule has 1 heterocycles. The third-order valence-electron chi connectivity index (χ3n) is 5.26. The number of hydrogen-bond acceptors (Lipinski definition) is 1. The van der Waals surface area contributed by atoms with Crippen LogP contribution in [0.25, 0.3) is 22.2 Å². The van der Waals surface area contributed by atoms with Gasteiger partial charge in [-0.25, -0.2) is 9.37 Å². The van der Waals surface area contributed by atoms with Crippen LogP contribution in [-0.2, 0) is 0 Å². The minimum atomic E-state index is -0.234. The predicted molar refractivity (Wildman–Crippen MR) is 109 cm³/mol. The van der Waals surface area contributed by atoms with Gasteiger partial charge in [0.1, 0.15) is 11.6 Å². The standard InChI is InChI=1S/C24H23FN2/c1-16(2)23(22-13-10-18-6-4-5-7-21(18)17(22)3)27-15-14-26-24(27)19-8-11-20(25)12-9-19/h4-16,23H,1-3H3. The molecule has 0 saturated heterocycles. The van der Waals surface area contributed by atoms with E-state index in [0.717, 1.165) is 11.4 Å². The topological polar surface area (TPSA) is 17.8 Å². The zero-order chi connectivity index (χ0) is 19.0. The van der Waals surface area contributed by atoms with Crippen LogP contribution in [0.1, 0.15) is 31.0 Å². The molecule has 0 saturated carbocycles. The second-order valence-corrected chi connectivity index (χ2v) is 7.35. The highest BCUT2D eigenvalue weighted by atomic mass is 19.1. The minimum absolute atomic E-state index is 0.150. The largest absolute Gasteiger partial charge is 0.323 e. The fraction of sp³-hybridized carbons (Fsp3) is 0.208. The van der Waals surface area contributed by atoms with E-state index < -0.39 is 0 Å². The van der Waals surface area contributed by atoms with Crippen molar-refractivity contribution in [2.24, 2.45) is 5.92 Å². The Bertz CT molecular complexity index is 1080. The van der Waals surface area contributed by atoms with Gasteiger partial charge in [0.2, 0.25) is 0 Å². The summed E-state index contributed by atoms with van der Waals surface area (Å²) in [6.45, 7) is 6.66. The first-order chi connectivity index (χ1) is 13.1. The summed E-state index contributed by atoms with van der Waals surface area (Å²) >= 11 is 0. The zero-order valence-electron chi connectivity index (χ0n) is 15.9. The first kappa shape index (κ1) is 17.5. The summed E-state index contributed by atoms with van der Waals surface area (Å²) in [5.74, 6) is 1.00. The van der Waals surface area contributed by atoms with Crippen molar-refractivity contribution in [1.82, 2.24) is 9.55 Å². The summed E-state index contributed by atoms with van der Waals surface area (Å²) in [6, 6.07) is 19.6. The molecule has 1 aromatic heterocycles. The van der Waals surface area contributed by atoms with Crippen LogP contribution in [0.5, 0.6) is 0 Å². The molecular weight excluding hydrogens is 335 g/mol. The quantitative estimate of drug-likeness (QED) is 0.413. The highest BCUT2D eigenvalue weighted by Gasteiger charge is 2.23. The van der Waals surface area contributed by atoms with E-state index in [9.17, 15) is 4.39 Å². The smallest absolute Gasteiger partial charge is 0.140 e. The molecule has 4 rings (SSSR count). The lowest BCUT2D eigenvalue weighted by molar-refractivity contribution is 0.439. The molecule has 0 aliphatic rings. The monoisotopic (exact) mass is 358 g/mol. The van der Waals surface area contributed by atoms with Crippen molar-refractivity contribution in [3.63, 3.8) is 0 Å². The van der Waals surface area contributed by atoms with Gasteiger partial charge in [-0.3, -0.25) is 0 Å². The van der Waals surface area contributed by atoms with Gasteiger partial charge in [0.05, 0.1) is 6.04 Å². The molecule has 0 aliphatic carbocycles. The number of rotatable bonds is 4. The molecule has 3 heteroatoms. The molecule has 136 valence electrons. The molecule has 1 atom stereocenters. The summed E-state index contributed by atoms with van der Waals surface area (Å²) in [5, 5.41) is 2.54. The lowest BCUT2D eigenvalue weighted by atomic mass is 9.89. The van der Waals surface area contributed by atoms with Crippen LogP contribution in [0.4, 0.5) is 4.39 Å². The van der Waals surface area contributed by atoms with E-state index in [0.29, 0.717) is 5.92 Å². The second kappa shape index (κ2) is 6.99. The van der Waals surface area contributed by atoms with Crippen LogP contribution in [0.2, 0.25) is 0 Å². The zero-order valence-corrected chi connectivity index (χ0v) is 15.9. The Morgan fingerprint density at radius 1 is 0.926 bits per heavy atom. The third-order valence-corrected chi connectivity index (χ3v) is 5.26. The van der Waals surface area contributed by atoms with E-state index in [-0.39, 0.29) is 11.9 Å². The van der Waals surface area contributed by atoms with E-state index in [2.05, 4.69) is 66.7 Å². The summed E-state index contributed by atoms with van der Waals surface area (Å²) in [4.78, 5) is 4.58. The third kappa shape index (κ3) is 3.14. The lowest BCUT2D eigenvalue weighted by Crippen LogP contribution is -2.18. The number of benzene rings is 3. The maximum atomic E-state index is 13.4. The Hall–Kier alpha value is -2.94. The Kier molecular flexibility index (Phi) is 4.53. The molecule has 0 aliphatic heterocycles. The molecule has 0 fully saturated rings. The summed E-state index contributed by atoms with van der Waals surface area (Å²) < 4.78 is 15.6. The van der Waals surface area contributed by atoms with Gasteiger partial charge >= 0.3 is 0 Å². The van der Waals surface area contributed by atoms with Crippen LogP contribution < -0.4 is 0 Å². The summed E-state index contributed by atoms with van der Waals surface area (Å²) in [5.41, 5.74) is 3.51. The van der Waals surface area contributed by atoms with Crippen molar-refractivity contribution in [3.8, 4) is 11.4 Å². The van der Waals surface area contributed by atoms with E-state index in [4.69, 9.17) is 0 Å². The maximum Gasteiger partial charge on any atom is 0.140 e. The van der Waals surface area contributed by atoms with Gasteiger partial charge in [-0.15, -0.1) is 0 Å². The fourth-order valence-corrected chi connectivity index (χ4v) is 3.95. The van der Waals surface area contributed by atoms with Gasteiger partial charge in [-0.1, -0.05) is 50.2 Å². The predicted octanol–water partition coefficient (Wildman–Crippen LogP) is 6.40. The van der Waals surface area contributed by atoms with E-state index in [1.54, 1.807) is 12.1 Å². The number of halogens is 1. The highest BCUT2D eigenvalue weighted by Crippen LogP contribution is 2.35. The first-order valence-electron chi connectivity index (χ1n) is 9.33. The highest BCUT2D eigenvalue weighted by molar-refractivity contribution is 5.86. The Morgan fingerprint density at radius 2 is 1.67 bits per heavy atom. The maximum absolute atomic E-state index is 13.4. The minimum Gasteiger partial charge on any atom is -0.323 e. The molecule has 2 nitrogen and oxygen atoms in total. The number of imidazole rings is 1. The van der Waals surface area contributed by atoms with Gasteiger partial charge in [-0.2, -0.15) is 0 Å². The van der Waals surface area contributed by atoms with Gasteiger partial charge in [0.25, 0.3) is 0 Å². The molecule has 1 unspecified atom stereocenters. The number of nitrogens with zero attached hydrogens (tertiary/aromatic N) is 2. The molecule has 27 heavy (non-hydrogen) atoms. The number of aryl methyl sites for hydroxylation is 1. The second-order valence-electron chi connectivity index (χ2n) is 7.35. The Balaban J connectivity index is 1.87. The van der Waals surface area contributed by atoms with Crippen LogP contribution in [0, 0.1) is 18.7 Å². The van der Waals surface area contributed by atoms with E-state index in [1.165, 1.54) is 34.0 Å². The molecule has 3 aromatic carbocycles. The molecule has 0 radical (unpaired) electrons. The number of hydrogen-bond donors (Lipinski definition) is 0. The van der Waals surface area contributed by atoms with Crippen molar-refractivity contribution in [3.05, 3.63) is 90.0 Å². The molecule has 4 aromatic rings. The van der Waals surface area contributed by atoms with Gasteiger partial charge in [0, 0.05) is 18.0 Å². The molecular formula is C24H23FN2. The van der Waals surface area contributed by atoms with Gasteiger partial charge in [0.15, 0.2) is 0 Å². The first-order valence-corrected chi connectivity index (χ1v) is 9.33. The normalized spacial score (nSPS) is 12.6. The fourth-order valence-electron chi connectivity index (χ4n) is 3.95. The van der Waals surface area contributed by atoms with Crippen LogP contribution in [-0.4, -0.2) is 9.55 Å². The Labute approximate surface area is 159 Å². The summed E-state index contributed by atoms with van der Waals surface area (Å²) in [7, 11) is 0. The van der Waals surface area contributed by atoms with E-state index >= 15 is 0 Å². The van der Waals surface area contributed by atoms with Crippen molar-refractivity contribution < 1.29 is 4.39 Å².